The first-order valence-corrected chi connectivity index (χ1v) is 6.55. The molecular formula is C11H16ClN5O2. The van der Waals surface area contributed by atoms with Gasteiger partial charge >= 0.3 is 6.01 Å². The summed E-state index contributed by atoms with van der Waals surface area (Å²) in [7, 11) is 0. The Morgan fingerprint density at radius 2 is 2.21 bits per heavy atom. The van der Waals surface area contributed by atoms with Crippen LogP contribution in [0.2, 0.25) is 5.28 Å². The van der Waals surface area contributed by atoms with Gasteiger partial charge in [0, 0.05) is 6.54 Å². The molecule has 0 aromatic carbocycles. The monoisotopic (exact) mass is 285 g/mol. The highest BCUT2D eigenvalue weighted by atomic mass is 35.5. The number of hydrogen-bond acceptors (Lipinski definition) is 6. The van der Waals surface area contributed by atoms with E-state index in [1.165, 1.54) is 0 Å². The molecule has 0 saturated carbocycles. The third kappa shape index (κ3) is 3.92. The smallest absolute Gasteiger partial charge is 0.322 e. The lowest BCUT2D eigenvalue weighted by atomic mass is 10.1. The molecule has 0 aliphatic carbocycles. The normalized spacial score (nSPS) is 19.2. The molecule has 0 radical (unpaired) electrons. The van der Waals surface area contributed by atoms with Gasteiger partial charge in [-0.15, -0.1) is 0 Å². The minimum atomic E-state index is -0.348. The molecule has 1 aromatic heterocycles. The highest BCUT2D eigenvalue weighted by molar-refractivity contribution is 6.28. The van der Waals surface area contributed by atoms with Crippen LogP contribution in [0.5, 0.6) is 6.01 Å². The Kier molecular flexibility index (Phi) is 4.36. The van der Waals surface area contributed by atoms with Crippen LogP contribution in [0.15, 0.2) is 0 Å². The molecule has 1 unspecified atom stereocenters. The molecule has 1 aliphatic rings. The second-order valence-corrected chi connectivity index (χ2v) is 4.85. The van der Waals surface area contributed by atoms with Gasteiger partial charge in [-0.25, -0.2) is 0 Å². The molecule has 1 fully saturated rings. The second-order valence-electron chi connectivity index (χ2n) is 4.51. The van der Waals surface area contributed by atoms with Gasteiger partial charge in [-0.2, -0.15) is 15.0 Å². The predicted octanol–water partition coefficient (Wildman–Crippen LogP) is 1.00. The van der Waals surface area contributed by atoms with Gasteiger partial charge in [0.25, 0.3) is 0 Å². The Morgan fingerprint density at radius 3 is 2.89 bits per heavy atom. The zero-order valence-corrected chi connectivity index (χ0v) is 11.6. The Hall–Kier alpha value is -1.63. The molecule has 0 bridgehead atoms. The van der Waals surface area contributed by atoms with Crippen molar-refractivity contribution in [2.24, 2.45) is 0 Å². The zero-order chi connectivity index (χ0) is 13.8. The second kappa shape index (κ2) is 6.01. The molecule has 2 heterocycles. The molecule has 1 amide bonds. The van der Waals surface area contributed by atoms with Gasteiger partial charge in [-0.3, -0.25) is 4.79 Å². The van der Waals surface area contributed by atoms with Crippen LogP contribution in [0.3, 0.4) is 0 Å². The first-order valence-electron chi connectivity index (χ1n) is 6.17. The minimum Gasteiger partial charge on any atom is -0.461 e. The van der Waals surface area contributed by atoms with E-state index >= 15 is 0 Å². The van der Waals surface area contributed by atoms with Crippen molar-refractivity contribution in [1.82, 2.24) is 20.3 Å². The van der Waals surface area contributed by atoms with Gasteiger partial charge in [0.05, 0.1) is 6.10 Å². The van der Waals surface area contributed by atoms with Crippen LogP contribution in [-0.4, -0.2) is 39.5 Å². The summed E-state index contributed by atoms with van der Waals surface area (Å²) in [4.78, 5) is 23.5. The van der Waals surface area contributed by atoms with Crippen molar-refractivity contribution in [3.05, 3.63) is 5.28 Å². The number of nitrogens with one attached hydrogen (secondary N) is 2. The molecule has 0 spiro atoms. The number of amides is 1. The molecule has 2 rings (SSSR count). The van der Waals surface area contributed by atoms with Crippen LogP contribution in [-0.2, 0) is 4.79 Å². The number of piperidine rings is 1. The lowest BCUT2D eigenvalue weighted by molar-refractivity contribution is -0.123. The fraction of sp³-hybridized carbons (Fsp3) is 0.636. The van der Waals surface area contributed by atoms with Gasteiger partial charge in [0.15, 0.2) is 0 Å². The van der Waals surface area contributed by atoms with Crippen LogP contribution in [0.4, 0.5) is 5.95 Å². The zero-order valence-electron chi connectivity index (χ0n) is 10.8. The number of anilines is 1. The van der Waals surface area contributed by atoms with Crippen molar-refractivity contribution >= 4 is 23.5 Å². The number of hydrogen-bond donors (Lipinski definition) is 2. The Labute approximate surface area is 116 Å². The predicted molar refractivity (Wildman–Crippen MR) is 70.3 cm³/mol. The number of carbonyl (C=O) groups is 1. The van der Waals surface area contributed by atoms with E-state index < -0.39 is 0 Å². The van der Waals surface area contributed by atoms with E-state index in [1.807, 2.05) is 13.8 Å². The summed E-state index contributed by atoms with van der Waals surface area (Å²) in [5.41, 5.74) is 0. The van der Waals surface area contributed by atoms with Crippen molar-refractivity contribution in [2.75, 3.05) is 11.9 Å². The van der Waals surface area contributed by atoms with E-state index in [2.05, 4.69) is 25.6 Å². The van der Waals surface area contributed by atoms with E-state index in [1.54, 1.807) is 0 Å². The van der Waals surface area contributed by atoms with Crippen molar-refractivity contribution in [3.8, 4) is 6.01 Å². The van der Waals surface area contributed by atoms with E-state index in [4.69, 9.17) is 16.3 Å². The molecule has 104 valence electrons. The Balaban J connectivity index is 2.10. The molecular weight excluding hydrogens is 270 g/mol. The lowest BCUT2D eigenvalue weighted by Gasteiger charge is -2.22. The summed E-state index contributed by atoms with van der Waals surface area (Å²) in [5, 5.41) is 5.76. The SMILES string of the molecule is CC(C)Oc1nc(Cl)nc(NC2CCCNC2=O)n1. The largest absolute Gasteiger partial charge is 0.461 e. The number of carbonyl (C=O) groups excluding carboxylic acids is 1. The molecule has 7 nitrogen and oxygen atoms in total. The number of ether oxygens (including phenoxy) is 1. The van der Waals surface area contributed by atoms with E-state index in [0.29, 0.717) is 6.54 Å². The van der Waals surface area contributed by atoms with Crippen molar-refractivity contribution in [2.45, 2.75) is 38.8 Å². The Morgan fingerprint density at radius 1 is 1.42 bits per heavy atom. The number of nitrogens with zero attached hydrogens (tertiary/aromatic N) is 3. The van der Waals surface area contributed by atoms with Crippen molar-refractivity contribution in [1.29, 1.82) is 0 Å². The van der Waals surface area contributed by atoms with Crippen LogP contribution in [0.1, 0.15) is 26.7 Å². The molecule has 1 aliphatic heterocycles. The molecule has 1 aromatic rings. The van der Waals surface area contributed by atoms with Crippen LogP contribution in [0, 0.1) is 0 Å². The van der Waals surface area contributed by atoms with Gasteiger partial charge in [0.2, 0.25) is 17.1 Å². The van der Waals surface area contributed by atoms with Gasteiger partial charge in [-0.1, -0.05) is 0 Å². The molecule has 1 saturated heterocycles. The molecule has 19 heavy (non-hydrogen) atoms. The molecule has 8 heteroatoms. The first-order chi connectivity index (χ1) is 9.04. The minimum absolute atomic E-state index is 0.0318. The quantitative estimate of drug-likeness (QED) is 0.858. The number of halogens is 1. The fourth-order valence-electron chi connectivity index (χ4n) is 1.73. The summed E-state index contributed by atoms with van der Waals surface area (Å²) in [6, 6.07) is -0.201. The first kappa shape index (κ1) is 13.8. The standard InChI is InChI=1S/C11H16ClN5O2/c1-6(2)19-11-16-9(12)15-10(17-11)14-7-4-3-5-13-8(7)18/h6-7H,3-5H2,1-2H3,(H,13,18)(H,14,15,16,17). The third-order valence-electron chi connectivity index (χ3n) is 2.52. The molecule has 1 atom stereocenters. The van der Waals surface area contributed by atoms with Crippen molar-refractivity contribution < 1.29 is 9.53 Å². The van der Waals surface area contributed by atoms with Crippen LogP contribution >= 0.6 is 11.6 Å². The Bertz CT molecular complexity index is 468. The summed E-state index contributed by atoms with van der Waals surface area (Å²) < 4.78 is 5.36. The third-order valence-corrected chi connectivity index (χ3v) is 2.69. The summed E-state index contributed by atoms with van der Waals surface area (Å²) >= 11 is 5.80. The van der Waals surface area contributed by atoms with E-state index in [0.717, 1.165) is 12.8 Å². The summed E-state index contributed by atoms with van der Waals surface area (Å²) in [5.74, 6) is 0.187. The van der Waals surface area contributed by atoms with Gasteiger partial charge < -0.3 is 15.4 Å². The topological polar surface area (TPSA) is 89.0 Å². The molecule has 2 N–H and O–H groups in total. The van der Waals surface area contributed by atoms with Gasteiger partial charge in [0.1, 0.15) is 6.04 Å². The lowest BCUT2D eigenvalue weighted by Crippen LogP contribution is -2.44. The maximum Gasteiger partial charge on any atom is 0.322 e. The fourth-order valence-corrected chi connectivity index (χ4v) is 1.88. The number of aromatic nitrogens is 3. The van der Waals surface area contributed by atoms with Crippen LogP contribution in [0.25, 0.3) is 0 Å². The van der Waals surface area contributed by atoms with E-state index in [9.17, 15) is 4.79 Å². The summed E-state index contributed by atoms with van der Waals surface area (Å²) in [6.07, 6.45) is 1.58. The maximum atomic E-state index is 11.6. The average Bonchev–Trinajstić information content (AvgIpc) is 2.30. The van der Waals surface area contributed by atoms with Crippen molar-refractivity contribution in [3.63, 3.8) is 0 Å². The number of rotatable bonds is 4. The summed E-state index contributed by atoms with van der Waals surface area (Å²) in [6.45, 7) is 4.43. The van der Waals surface area contributed by atoms with Crippen LogP contribution < -0.4 is 15.4 Å². The highest BCUT2D eigenvalue weighted by Crippen LogP contribution is 2.15. The van der Waals surface area contributed by atoms with E-state index in [-0.39, 0.29) is 35.3 Å². The average molecular weight is 286 g/mol. The highest BCUT2D eigenvalue weighted by Gasteiger charge is 2.23. The van der Waals surface area contributed by atoms with Gasteiger partial charge in [-0.05, 0) is 38.3 Å². The maximum absolute atomic E-state index is 11.6.